The second kappa shape index (κ2) is 5.19. The highest BCUT2D eigenvalue weighted by molar-refractivity contribution is 5.66. The number of hydrogen-bond acceptors (Lipinski definition) is 3. The van der Waals surface area contributed by atoms with Gasteiger partial charge in [0.2, 0.25) is 0 Å². The van der Waals surface area contributed by atoms with Gasteiger partial charge in [0.15, 0.2) is 0 Å². The van der Waals surface area contributed by atoms with Gasteiger partial charge in [-0.1, -0.05) is 6.07 Å². The molecule has 0 radical (unpaired) electrons. The van der Waals surface area contributed by atoms with E-state index < -0.39 is 5.97 Å². The molecule has 2 rings (SSSR count). The van der Waals surface area contributed by atoms with Crippen molar-refractivity contribution in [1.29, 1.82) is 0 Å². The number of rotatable bonds is 4. The van der Waals surface area contributed by atoms with E-state index in [4.69, 9.17) is 9.84 Å². The summed E-state index contributed by atoms with van der Waals surface area (Å²) in [6.07, 6.45) is 1.18. The summed E-state index contributed by atoms with van der Waals surface area (Å²) in [6, 6.07) is 6.10. The minimum atomic E-state index is -0.731. The third-order valence-electron chi connectivity index (χ3n) is 3.15. The normalized spacial score (nSPS) is 15.4. The van der Waals surface area contributed by atoms with Crippen molar-refractivity contribution in [2.75, 3.05) is 20.2 Å². The summed E-state index contributed by atoms with van der Waals surface area (Å²) in [6.45, 7) is 2.39. The third kappa shape index (κ3) is 2.97. The highest BCUT2D eigenvalue weighted by Crippen LogP contribution is 2.23. The Hall–Kier alpha value is -1.55. The van der Waals surface area contributed by atoms with Crippen molar-refractivity contribution in [2.45, 2.75) is 19.4 Å². The predicted molar refractivity (Wildman–Crippen MR) is 64.2 cm³/mol. The van der Waals surface area contributed by atoms with Crippen molar-refractivity contribution in [3.8, 4) is 5.75 Å². The lowest BCUT2D eigenvalue weighted by Crippen LogP contribution is -2.32. The smallest absolute Gasteiger partial charge is 0.304 e. The van der Waals surface area contributed by atoms with E-state index in [0.29, 0.717) is 6.54 Å². The molecule has 0 fully saturated rings. The molecule has 17 heavy (non-hydrogen) atoms. The van der Waals surface area contributed by atoms with Gasteiger partial charge in [0.05, 0.1) is 13.5 Å². The Kier molecular flexibility index (Phi) is 3.64. The van der Waals surface area contributed by atoms with Gasteiger partial charge in [0.1, 0.15) is 5.75 Å². The quantitative estimate of drug-likeness (QED) is 0.859. The number of carbonyl (C=O) groups is 1. The number of aliphatic carboxylic acids is 1. The molecule has 0 spiro atoms. The molecule has 1 aliphatic heterocycles. The molecular formula is C13H17NO3. The number of fused-ring (bicyclic) bond motifs is 1. The largest absolute Gasteiger partial charge is 0.497 e. The Morgan fingerprint density at radius 1 is 1.47 bits per heavy atom. The Labute approximate surface area is 101 Å². The minimum absolute atomic E-state index is 0.214. The highest BCUT2D eigenvalue weighted by Gasteiger charge is 2.17. The molecule has 4 heteroatoms. The zero-order valence-corrected chi connectivity index (χ0v) is 9.98. The van der Waals surface area contributed by atoms with Gasteiger partial charge in [-0.25, -0.2) is 0 Å². The van der Waals surface area contributed by atoms with Crippen LogP contribution in [0.4, 0.5) is 0 Å². The van der Waals surface area contributed by atoms with E-state index in [-0.39, 0.29) is 6.42 Å². The lowest BCUT2D eigenvalue weighted by molar-refractivity contribution is -0.137. The van der Waals surface area contributed by atoms with Crippen LogP contribution in [0.25, 0.3) is 0 Å². The van der Waals surface area contributed by atoms with Gasteiger partial charge in [-0.2, -0.15) is 0 Å². The molecule has 0 bridgehead atoms. The van der Waals surface area contributed by atoms with Gasteiger partial charge in [-0.15, -0.1) is 0 Å². The molecule has 92 valence electrons. The van der Waals surface area contributed by atoms with E-state index in [9.17, 15) is 4.79 Å². The first-order valence-electron chi connectivity index (χ1n) is 5.79. The van der Waals surface area contributed by atoms with Crippen molar-refractivity contribution in [3.05, 3.63) is 29.3 Å². The Balaban J connectivity index is 2.01. The van der Waals surface area contributed by atoms with Gasteiger partial charge in [0.25, 0.3) is 0 Å². The summed E-state index contributed by atoms with van der Waals surface area (Å²) in [4.78, 5) is 12.7. The summed E-state index contributed by atoms with van der Waals surface area (Å²) in [5.41, 5.74) is 2.60. The maximum atomic E-state index is 10.5. The number of methoxy groups -OCH3 is 1. The molecule has 1 N–H and O–H groups in total. The maximum absolute atomic E-state index is 10.5. The van der Waals surface area contributed by atoms with Gasteiger partial charge in [-0.05, 0) is 29.7 Å². The molecule has 0 saturated heterocycles. The minimum Gasteiger partial charge on any atom is -0.497 e. The summed E-state index contributed by atoms with van der Waals surface area (Å²) < 4.78 is 5.19. The summed E-state index contributed by atoms with van der Waals surface area (Å²) >= 11 is 0. The van der Waals surface area contributed by atoms with Crippen LogP contribution in [0.5, 0.6) is 5.75 Å². The van der Waals surface area contributed by atoms with E-state index >= 15 is 0 Å². The zero-order valence-electron chi connectivity index (χ0n) is 9.98. The molecule has 1 aromatic carbocycles. The van der Waals surface area contributed by atoms with Crippen LogP contribution < -0.4 is 4.74 Å². The molecular weight excluding hydrogens is 218 g/mol. The molecule has 0 atom stereocenters. The molecule has 0 unspecified atom stereocenters. The fraction of sp³-hybridized carbons (Fsp3) is 0.462. The van der Waals surface area contributed by atoms with Gasteiger partial charge in [-0.3, -0.25) is 9.69 Å². The van der Waals surface area contributed by atoms with Crippen molar-refractivity contribution in [3.63, 3.8) is 0 Å². The number of carboxylic acids is 1. The van der Waals surface area contributed by atoms with Crippen LogP contribution in [0, 0.1) is 0 Å². The topological polar surface area (TPSA) is 49.8 Å². The molecule has 4 nitrogen and oxygen atoms in total. The van der Waals surface area contributed by atoms with Crippen molar-refractivity contribution >= 4 is 5.97 Å². The molecule has 0 amide bonds. The number of carboxylic acid groups (broad SMARTS) is 1. The number of ether oxygens (including phenoxy) is 1. The van der Waals surface area contributed by atoms with E-state index in [0.717, 1.165) is 25.3 Å². The van der Waals surface area contributed by atoms with E-state index in [2.05, 4.69) is 17.0 Å². The molecule has 0 aliphatic carbocycles. The van der Waals surface area contributed by atoms with Crippen LogP contribution in [-0.4, -0.2) is 36.2 Å². The van der Waals surface area contributed by atoms with E-state index in [1.54, 1.807) is 7.11 Å². The standard InChI is InChI=1S/C13H17NO3/c1-17-12-3-2-11-9-14(7-5-13(15)16)6-4-10(11)8-12/h2-3,8H,4-7,9H2,1H3,(H,15,16). The second-order valence-electron chi connectivity index (χ2n) is 4.30. The van der Waals surface area contributed by atoms with E-state index in [1.165, 1.54) is 11.1 Å². The number of benzene rings is 1. The van der Waals surface area contributed by atoms with Crippen LogP contribution >= 0.6 is 0 Å². The zero-order chi connectivity index (χ0) is 12.3. The van der Waals surface area contributed by atoms with Crippen LogP contribution in [0.2, 0.25) is 0 Å². The molecule has 1 heterocycles. The van der Waals surface area contributed by atoms with Crippen LogP contribution in [0.15, 0.2) is 18.2 Å². The highest BCUT2D eigenvalue weighted by atomic mass is 16.5. The van der Waals surface area contributed by atoms with Crippen molar-refractivity contribution in [2.24, 2.45) is 0 Å². The summed E-state index contributed by atoms with van der Waals surface area (Å²) in [5.74, 6) is 0.160. The summed E-state index contributed by atoms with van der Waals surface area (Å²) in [5, 5.41) is 8.66. The Morgan fingerprint density at radius 3 is 3.00 bits per heavy atom. The van der Waals surface area contributed by atoms with Crippen LogP contribution in [0.3, 0.4) is 0 Å². The first kappa shape index (κ1) is 11.9. The van der Waals surface area contributed by atoms with Crippen molar-refractivity contribution in [1.82, 2.24) is 4.90 Å². The Morgan fingerprint density at radius 2 is 2.29 bits per heavy atom. The molecule has 0 aromatic heterocycles. The van der Waals surface area contributed by atoms with Gasteiger partial charge < -0.3 is 9.84 Å². The second-order valence-corrected chi connectivity index (χ2v) is 4.30. The number of hydrogen-bond donors (Lipinski definition) is 1. The first-order valence-corrected chi connectivity index (χ1v) is 5.79. The van der Waals surface area contributed by atoms with Crippen LogP contribution in [0.1, 0.15) is 17.5 Å². The Bertz CT molecular complexity index is 417. The fourth-order valence-electron chi connectivity index (χ4n) is 2.16. The van der Waals surface area contributed by atoms with Gasteiger partial charge in [0, 0.05) is 19.6 Å². The molecule has 1 aliphatic rings. The average Bonchev–Trinajstić information content (AvgIpc) is 2.35. The number of nitrogens with zero attached hydrogens (tertiary/aromatic N) is 1. The lowest BCUT2D eigenvalue weighted by atomic mass is 9.99. The maximum Gasteiger partial charge on any atom is 0.304 e. The van der Waals surface area contributed by atoms with Gasteiger partial charge >= 0.3 is 5.97 Å². The fourth-order valence-corrected chi connectivity index (χ4v) is 2.16. The monoisotopic (exact) mass is 235 g/mol. The molecule has 1 aromatic rings. The average molecular weight is 235 g/mol. The molecule has 0 saturated carbocycles. The lowest BCUT2D eigenvalue weighted by Gasteiger charge is -2.28. The third-order valence-corrected chi connectivity index (χ3v) is 3.15. The van der Waals surface area contributed by atoms with Crippen LogP contribution in [-0.2, 0) is 17.8 Å². The first-order chi connectivity index (χ1) is 8.19. The van der Waals surface area contributed by atoms with Crippen molar-refractivity contribution < 1.29 is 14.6 Å². The summed E-state index contributed by atoms with van der Waals surface area (Å²) in [7, 11) is 1.67. The predicted octanol–water partition coefficient (Wildman–Crippen LogP) is 1.53. The SMILES string of the molecule is COc1ccc2c(c1)CCN(CCC(=O)O)C2. The van der Waals surface area contributed by atoms with E-state index in [1.807, 2.05) is 6.07 Å².